The van der Waals surface area contributed by atoms with Gasteiger partial charge in [0.2, 0.25) is 0 Å². The monoisotopic (exact) mass is 524 g/mol. The minimum absolute atomic E-state index is 0.154. The van der Waals surface area contributed by atoms with Crippen molar-refractivity contribution in [3.8, 4) is 17.2 Å². The van der Waals surface area contributed by atoms with E-state index in [-0.39, 0.29) is 5.56 Å². The predicted octanol–water partition coefficient (Wildman–Crippen LogP) is 5.73. The number of rotatable bonds is 9. The van der Waals surface area contributed by atoms with E-state index < -0.39 is 0 Å². The van der Waals surface area contributed by atoms with E-state index in [2.05, 4.69) is 9.88 Å². The summed E-state index contributed by atoms with van der Waals surface area (Å²) in [7, 11) is 3.31. The zero-order valence-corrected chi connectivity index (χ0v) is 22.3. The fourth-order valence-electron chi connectivity index (χ4n) is 4.39. The summed E-state index contributed by atoms with van der Waals surface area (Å²) in [4.78, 5) is 25.2. The van der Waals surface area contributed by atoms with Crippen molar-refractivity contribution >= 4 is 28.5 Å². The Bertz CT molecular complexity index is 1540. The first-order chi connectivity index (χ1) is 18.6. The maximum absolute atomic E-state index is 13.7. The summed E-state index contributed by atoms with van der Waals surface area (Å²) >= 11 is 1.44. The summed E-state index contributed by atoms with van der Waals surface area (Å²) in [6.45, 7) is 1.15. The van der Waals surface area contributed by atoms with Gasteiger partial charge in [-0.25, -0.2) is 9.97 Å². The summed E-state index contributed by atoms with van der Waals surface area (Å²) in [5.74, 6) is 1.59. The summed E-state index contributed by atoms with van der Waals surface area (Å²) < 4.78 is 12.3. The van der Waals surface area contributed by atoms with Crippen molar-refractivity contribution in [1.82, 2.24) is 14.5 Å². The number of thioether (sulfide) groups is 1. The number of aromatic nitrogens is 3. The van der Waals surface area contributed by atoms with Crippen LogP contribution in [0.4, 0.5) is 5.69 Å². The number of hydrogen-bond donors (Lipinski definition) is 0. The normalized spacial score (nSPS) is 10.9. The molecule has 0 N–H and O–H groups in total. The van der Waals surface area contributed by atoms with E-state index in [0.717, 1.165) is 39.4 Å². The molecule has 5 rings (SSSR count). The number of nitrogens with zero attached hydrogens (tertiary/aromatic N) is 4. The van der Waals surface area contributed by atoms with Gasteiger partial charge in [-0.15, -0.1) is 0 Å². The number of hydrogen-bond acceptors (Lipinski definition) is 7. The van der Waals surface area contributed by atoms with E-state index in [4.69, 9.17) is 14.5 Å². The molecule has 5 aromatic rings. The first-order valence-electron chi connectivity index (χ1n) is 12.1. The van der Waals surface area contributed by atoms with Crippen LogP contribution in [0.2, 0.25) is 0 Å². The number of pyridine rings is 1. The summed E-state index contributed by atoms with van der Waals surface area (Å²) in [6, 6.07) is 27.2. The van der Waals surface area contributed by atoms with E-state index >= 15 is 0 Å². The molecule has 0 atom stereocenters. The first kappa shape index (κ1) is 25.4. The highest BCUT2D eigenvalue weighted by atomic mass is 32.2. The van der Waals surface area contributed by atoms with Gasteiger partial charge in [-0.2, -0.15) is 0 Å². The molecule has 0 spiro atoms. The van der Waals surface area contributed by atoms with Crippen LogP contribution in [0, 0.1) is 0 Å². The Kier molecular flexibility index (Phi) is 7.60. The van der Waals surface area contributed by atoms with Crippen LogP contribution in [0.25, 0.3) is 16.7 Å². The molecule has 7 nitrogen and oxygen atoms in total. The molecule has 0 amide bonds. The minimum atomic E-state index is -0.154. The third-order valence-corrected chi connectivity index (χ3v) is 6.88. The van der Waals surface area contributed by atoms with Gasteiger partial charge in [-0.3, -0.25) is 9.36 Å². The number of benzene rings is 3. The number of fused-ring (bicyclic) bond motifs is 1. The van der Waals surface area contributed by atoms with E-state index in [1.807, 2.05) is 91.3 Å². The van der Waals surface area contributed by atoms with E-state index in [1.54, 1.807) is 24.9 Å². The molecule has 0 bridgehead atoms. The van der Waals surface area contributed by atoms with Gasteiger partial charge >= 0.3 is 0 Å². The largest absolute Gasteiger partial charge is 0.497 e. The number of para-hydroxylation sites is 1. The smallest absolute Gasteiger partial charge is 0.258 e. The van der Waals surface area contributed by atoms with Crippen molar-refractivity contribution in [2.75, 3.05) is 25.4 Å². The van der Waals surface area contributed by atoms with Crippen LogP contribution in [-0.2, 0) is 13.1 Å². The van der Waals surface area contributed by atoms with Crippen LogP contribution in [0.3, 0.4) is 0 Å². The van der Waals surface area contributed by atoms with Crippen LogP contribution in [0.5, 0.6) is 11.5 Å². The Morgan fingerprint density at radius 2 is 1.42 bits per heavy atom. The lowest BCUT2D eigenvalue weighted by Gasteiger charge is -2.27. The van der Waals surface area contributed by atoms with Gasteiger partial charge in [0, 0.05) is 25.4 Å². The third kappa shape index (κ3) is 5.35. The SMILES string of the molecule is COc1ccc(CN(Cc2ccc(OC)cc2)c2cc(=O)n(-c3ccccc3)c3nc(SC)ncc23)cc1. The highest BCUT2D eigenvalue weighted by Gasteiger charge is 2.19. The summed E-state index contributed by atoms with van der Waals surface area (Å²) in [5, 5.41) is 1.41. The Morgan fingerprint density at radius 3 is 1.95 bits per heavy atom. The molecular weight excluding hydrogens is 496 g/mol. The predicted molar refractivity (Wildman–Crippen MR) is 153 cm³/mol. The third-order valence-electron chi connectivity index (χ3n) is 6.32. The van der Waals surface area contributed by atoms with Gasteiger partial charge in [-0.05, 0) is 53.8 Å². The molecular formula is C30H28N4O3S. The molecule has 0 unspecified atom stereocenters. The van der Waals surface area contributed by atoms with Crippen LogP contribution in [0.1, 0.15) is 11.1 Å². The van der Waals surface area contributed by atoms with Crippen molar-refractivity contribution in [1.29, 1.82) is 0 Å². The quantitative estimate of drug-likeness (QED) is 0.180. The van der Waals surface area contributed by atoms with E-state index in [1.165, 1.54) is 11.8 Å². The minimum Gasteiger partial charge on any atom is -0.497 e. The van der Waals surface area contributed by atoms with Crippen molar-refractivity contribution in [2.24, 2.45) is 0 Å². The fraction of sp³-hybridized carbons (Fsp3) is 0.167. The van der Waals surface area contributed by atoms with Crippen molar-refractivity contribution < 1.29 is 9.47 Å². The Morgan fingerprint density at radius 1 is 0.842 bits per heavy atom. The lowest BCUT2D eigenvalue weighted by molar-refractivity contribution is 0.414. The molecule has 0 saturated carbocycles. The zero-order valence-electron chi connectivity index (χ0n) is 21.5. The van der Waals surface area contributed by atoms with Gasteiger partial charge in [-0.1, -0.05) is 54.2 Å². The Labute approximate surface area is 225 Å². The van der Waals surface area contributed by atoms with Gasteiger partial charge < -0.3 is 14.4 Å². The Balaban J connectivity index is 1.67. The van der Waals surface area contributed by atoms with Crippen molar-refractivity contribution in [3.05, 3.63) is 113 Å². The molecule has 3 aromatic carbocycles. The molecule has 0 radical (unpaired) electrons. The summed E-state index contributed by atoms with van der Waals surface area (Å²) in [5.41, 5.74) is 4.13. The molecule has 0 aliphatic heterocycles. The molecule has 0 saturated heterocycles. The maximum Gasteiger partial charge on any atom is 0.258 e. The maximum atomic E-state index is 13.7. The van der Waals surface area contributed by atoms with Gasteiger partial charge in [0.05, 0.1) is 31.0 Å². The molecule has 0 aliphatic rings. The zero-order chi connectivity index (χ0) is 26.5. The topological polar surface area (TPSA) is 69.5 Å². The average Bonchev–Trinajstić information content (AvgIpc) is 2.97. The lowest BCUT2D eigenvalue weighted by Crippen LogP contribution is -2.27. The number of methoxy groups -OCH3 is 2. The van der Waals surface area contributed by atoms with Gasteiger partial charge in [0.1, 0.15) is 11.5 Å². The van der Waals surface area contributed by atoms with Crippen molar-refractivity contribution in [3.63, 3.8) is 0 Å². The molecule has 2 aromatic heterocycles. The second kappa shape index (κ2) is 11.4. The first-order valence-corrected chi connectivity index (χ1v) is 13.3. The summed E-state index contributed by atoms with van der Waals surface area (Å²) in [6.07, 6.45) is 3.74. The van der Waals surface area contributed by atoms with Crippen LogP contribution in [0.15, 0.2) is 101 Å². The lowest BCUT2D eigenvalue weighted by atomic mass is 10.1. The highest BCUT2D eigenvalue weighted by molar-refractivity contribution is 7.98. The van der Waals surface area contributed by atoms with Crippen LogP contribution >= 0.6 is 11.8 Å². The Hall–Kier alpha value is -4.30. The highest BCUT2D eigenvalue weighted by Crippen LogP contribution is 2.30. The van der Waals surface area contributed by atoms with E-state index in [9.17, 15) is 4.79 Å². The second-order valence-corrected chi connectivity index (χ2v) is 9.46. The van der Waals surface area contributed by atoms with Crippen LogP contribution < -0.4 is 19.9 Å². The molecule has 38 heavy (non-hydrogen) atoms. The standard InChI is InChI=1S/C30H28N4O3S/c1-36-24-13-9-21(10-14-24)19-33(20-22-11-15-25(37-2)16-12-22)27-17-28(35)34(23-7-5-4-6-8-23)29-26(27)18-31-30(32-29)38-3/h4-18H,19-20H2,1-3H3. The van der Waals surface area contributed by atoms with Crippen LogP contribution in [-0.4, -0.2) is 35.0 Å². The molecule has 0 aliphatic carbocycles. The fourth-order valence-corrected chi connectivity index (χ4v) is 4.72. The number of ether oxygens (including phenoxy) is 2. The molecule has 8 heteroatoms. The van der Waals surface area contributed by atoms with E-state index in [0.29, 0.717) is 23.9 Å². The van der Waals surface area contributed by atoms with Gasteiger partial charge in [0.25, 0.3) is 5.56 Å². The molecule has 192 valence electrons. The van der Waals surface area contributed by atoms with Gasteiger partial charge in [0.15, 0.2) is 10.8 Å². The molecule has 0 fully saturated rings. The van der Waals surface area contributed by atoms with Crippen molar-refractivity contribution in [2.45, 2.75) is 18.2 Å². The second-order valence-electron chi connectivity index (χ2n) is 8.68. The molecule has 2 heterocycles. The average molecular weight is 525 g/mol. The number of anilines is 1.